The lowest BCUT2D eigenvalue weighted by Gasteiger charge is -1.96. The number of halogens is 1. The summed E-state index contributed by atoms with van der Waals surface area (Å²) in [4.78, 5) is 9.99. The second-order valence-electron chi connectivity index (χ2n) is 2.42. The fraction of sp³-hybridized carbons (Fsp3) is 0.143. The quantitative estimate of drug-likeness (QED) is 0.417. The average molecular weight is 200 g/mol. The molecule has 0 saturated carbocycles. The molecule has 0 spiro atoms. The first-order valence-electron chi connectivity index (χ1n) is 3.42. The first kappa shape index (κ1) is 9.60. The monoisotopic (exact) mass is 199 g/mol. The Bertz CT molecular complexity index is 365. The summed E-state index contributed by atoms with van der Waals surface area (Å²) in [6.07, 6.45) is 0. The van der Waals surface area contributed by atoms with Crippen molar-refractivity contribution in [2.75, 3.05) is 0 Å². The van der Waals surface area contributed by atoms with Crippen molar-refractivity contribution in [2.24, 2.45) is 9.75 Å². The summed E-state index contributed by atoms with van der Waals surface area (Å²) in [5.74, 6) is 0. The molecule has 0 unspecified atom stereocenters. The van der Waals surface area contributed by atoms with Gasteiger partial charge in [-0.05, 0) is 18.6 Å². The van der Waals surface area contributed by atoms with Crippen LogP contribution in [0.15, 0.2) is 27.9 Å². The molecule has 1 rings (SSSR count). The van der Waals surface area contributed by atoms with E-state index >= 15 is 0 Å². The van der Waals surface area contributed by atoms with E-state index in [9.17, 15) is 10.1 Å². The molecule has 0 N–H and O–H groups in total. The van der Waals surface area contributed by atoms with Crippen molar-refractivity contribution >= 4 is 23.2 Å². The lowest BCUT2D eigenvalue weighted by molar-refractivity contribution is -0.384. The van der Waals surface area contributed by atoms with Gasteiger partial charge >= 0.3 is 0 Å². The van der Waals surface area contributed by atoms with E-state index in [-0.39, 0.29) is 11.4 Å². The van der Waals surface area contributed by atoms with E-state index in [1.807, 2.05) is 0 Å². The van der Waals surface area contributed by atoms with Gasteiger partial charge in [-0.1, -0.05) is 10.7 Å². The van der Waals surface area contributed by atoms with Gasteiger partial charge in [-0.15, -0.1) is 5.11 Å². The van der Waals surface area contributed by atoms with Crippen molar-refractivity contribution in [1.82, 2.24) is 0 Å². The molecule has 0 fully saturated rings. The average Bonchev–Trinajstić information content (AvgIpc) is 2.08. The van der Waals surface area contributed by atoms with Gasteiger partial charge in [0.25, 0.3) is 5.69 Å². The van der Waals surface area contributed by atoms with Crippen LogP contribution in [0, 0.1) is 17.0 Å². The summed E-state index contributed by atoms with van der Waals surface area (Å²) >= 11 is 4.99. The third-order valence-electron chi connectivity index (χ3n) is 1.47. The Morgan fingerprint density at radius 1 is 1.54 bits per heavy atom. The molecule has 0 aliphatic carbocycles. The van der Waals surface area contributed by atoms with Gasteiger partial charge in [0.15, 0.2) is 5.69 Å². The predicted octanol–water partition coefficient (Wildman–Crippen LogP) is 3.14. The molecule has 0 saturated heterocycles. The van der Waals surface area contributed by atoms with Gasteiger partial charge in [0.2, 0.25) is 0 Å². The van der Waals surface area contributed by atoms with Crippen LogP contribution in [0.2, 0.25) is 0 Å². The zero-order chi connectivity index (χ0) is 9.84. The molecule has 0 aliphatic heterocycles. The Morgan fingerprint density at radius 2 is 2.23 bits per heavy atom. The van der Waals surface area contributed by atoms with Crippen LogP contribution in [0.1, 0.15) is 5.56 Å². The van der Waals surface area contributed by atoms with Crippen molar-refractivity contribution in [1.29, 1.82) is 0 Å². The van der Waals surface area contributed by atoms with E-state index in [1.165, 1.54) is 12.1 Å². The largest absolute Gasteiger partial charge is 0.297 e. The Morgan fingerprint density at radius 3 is 2.77 bits per heavy atom. The standard InChI is InChI=1S/C7H6ClN3O2/c1-5-2-3-6(9-10-8)7(4-5)11(12)13/h2-4H,1H3/b10-9+. The fourth-order valence-corrected chi connectivity index (χ4v) is 0.986. The summed E-state index contributed by atoms with van der Waals surface area (Å²) in [5, 5.41) is 13.9. The summed E-state index contributed by atoms with van der Waals surface area (Å²) in [5.41, 5.74) is 0.857. The molecular weight excluding hydrogens is 194 g/mol. The molecule has 6 heteroatoms. The van der Waals surface area contributed by atoms with Gasteiger partial charge < -0.3 is 0 Å². The highest BCUT2D eigenvalue weighted by Gasteiger charge is 2.12. The topological polar surface area (TPSA) is 67.9 Å². The van der Waals surface area contributed by atoms with Crippen molar-refractivity contribution < 1.29 is 4.92 Å². The van der Waals surface area contributed by atoms with Crippen LogP contribution >= 0.6 is 11.8 Å². The highest BCUT2D eigenvalue weighted by molar-refractivity contribution is 6.14. The first-order valence-corrected chi connectivity index (χ1v) is 3.76. The summed E-state index contributed by atoms with van der Waals surface area (Å²) in [6.45, 7) is 1.76. The number of nitro groups is 1. The van der Waals surface area contributed by atoms with Crippen LogP contribution < -0.4 is 0 Å². The minimum Gasteiger partial charge on any atom is -0.258 e. The van der Waals surface area contributed by atoms with E-state index in [0.717, 1.165) is 5.56 Å². The van der Waals surface area contributed by atoms with Crippen LogP contribution in [-0.4, -0.2) is 4.92 Å². The number of nitrogens with zero attached hydrogens (tertiary/aromatic N) is 3. The molecule has 68 valence electrons. The number of aryl methyl sites for hydroxylation is 1. The predicted molar refractivity (Wildman–Crippen MR) is 48.2 cm³/mol. The first-order chi connectivity index (χ1) is 6.15. The second-order valence-corrected chi connectivity index (χ2v) is 2.58. The van der Waals surface area contributed by atoms with E-state index in [2.05, 4.69) is 9.75 Å². The zero-order valence-corrected chi connectivity index (χ0v) is 7.52. The van der Waals surface area contributed by atoms with Crippen molar-refractivity contribution in [3.63, 3.8) is 0 Å². The maximum Gasteiger partial charge on any atom is 0.297 e. The van der Waals surface area contributed by atoms with Crippen LogP contribution in [0.3, 0.4) is 0 Å². The molecule has 0 heterocycles. The maximum atomic E-state index is 10.5. The molecule has 0 aliphatic rings. The lowest BCUT2D eigenvalue weighted by Crippen LogP contribution is -1.88. The van der Waals surface area contributed by atoms with Gasteiger partial charge in [-0.3, -0.25) is 10.1 Å². The molecule has 1 aromatic carbocycles. The third-order valence-corrected chi connectivity index (χ3v) is 1.55. The van der Waals surface area contributed by atoms with Crippen LogP contribution in [0.25, 0.3) is 0 Å². The van der Waals surface area contributed by atoms with Crippen molar-refractivity contribution in [3.05, 3.63) is 33.9 Å². The Balaban J connectivity index is 3.26. The van der Waals surface area contributed by atoms with Gasteiger partial charge in [0, 0.05) is 6.07 Å². The van der Waals surface area contributed by atoms with E-state index in [0.29, 0.717) is 0 Å². The van der Waals surface area contributed by atoms with E-state index in [4.69, 9.17) is 11.8 Å². The van der Waals surface area contributed by atoms with Gasteiger partial charge in [0.1, 0.15) is 0 Å². The molecule has 0 atom stereocenters. The number of rotatable bonds is 2. The second kappa shape index (κ2) is 3.95. The molecule has 1 aromatic rings. The van der Waals surface area contributed by atoms with Crippen LogP contribution in [0.4, 0.5) is 11.4 Å². The molecule has 5 nitrogen and oxygen atoms in total. The molecule has 13 heavy (non-hydrogen) atoms. The Labute approximate surface area is 79.3 Å². The lowest BCUT2D eigenvalue weighted by atomic mass is 10.2. The molecule has 0 radical (unpaired) electrons. The van der Waals surface area contributed by atoms with E-state index in [1.54, 1.807) is 13.0 Å². The number of nitro benzene ring substituents is 1. The maximum absolute atomic E-state index is 10.5. The summed E-state index contributed by atoms with van der Waals surface area (Å²) < 4.78 is 2.97. The minimum atomic E-state index is -0.520. The normalized spacial score (nSPS) is 10.6. The number of hydrogen-bond donors (Lipinski definition) is 0. The highest BCUT2D eigenvalue weighted by Crippen LogP contribution is 2.28. The summed E-state index contributed by atoms with van der Waals surface area (Å²) in [6, 6.07) is 4.62. The SMILES string of the molecule is Cc1ccc(/N=N/Cl)c([N+](=O)[O-])c1. The molecular formula is C7H6ClN3O2. The highest BCUT2D eigenvalue weighted by atomic mass is 35.5. The number of benzene rings is 1. The molecule has 0 amide bonds. The molecule has 0 aromatic heterocycles. The molecule has 0 bridgehead atoms. The number of hydrogen-bond acceptors (Lipinski definition) is 4. The summed E-state index contributed by atoms with van der Waals surface area (Å²) in [7, 11) is 0. The van der Waals surface area contributed by atoms with Gasteiger partial charge in [-0.25, -0.2) is 0 Å². The van der Waals surface area contributed by atoms with Gasteiger partial charge in [0.05, 0.1) is 16.7 Å². The minimum absolute atomic E-state index is 0.0931. The van der Waals surface area contributed by atoms with Gasteiger partial charge in [-0.2, -0.15) is 0 Å². The van der Waals surface area contributed by atoms with Crippen molar-refractivity contribution in [2.45, 2.75) is 6.92 Å². The van der Waals surface area contributed by atoms with Crippen LogP contribution in [0.5, 0.6) is 0 Å². The smallest absolute Gasteiger partial charge is 0.258 e. The zero-order valence-electron chi connectivity index (χ0n) is 6.77. The van der Waals surface area contributed by atoms with Crippen LogP contribution in [-0.2, 0) is 0 Å². The van der Waals surface area contributed by atoms with E-state index < -0.39 is 4.92 Å². The fourth-order valence-electron chi connectivity index (χ4n) is 0.905. The Hall–Kier alpha value is -1.49. The Kier molecular flexibility index (Phi) is 2.92. The van der Waals surface area contributed by atoms with Crippen molar-refractivity contribution in [3.8, 4) is 0 Å². The third kappa shape index (κ3) is 2.22.